The summed E-state index contributed by atoms with van der Waals surface area (Å²) in [6.07, 6.45) is 2.07. The van der Waals surface area contributed by atoms with Gasteiger partial charge in [-0.05, 0) is 26.8 Å². The first-order chi connectivity index (χ1) is 8.84. The van der Waals surface area contributed by atoms with E-state index in [2.05, 4.69) is 10.3 Å². The summed E-state index contributed by atoms with van der Waals surface area (Å²) in [5, 5.41) is 4.42. The molecular formula is C12H23N3O2S2. The van der Waals surface area contributed by atoms with Crippen molar-refractivity contribution in [3.63, 3.8) is 0 Å². The van der Waals surface area contributed by atoms with Crippen LogP contribution in [0.5, 0.6) is 0 Å². The van der Waals surface area contributed by atoms with E-state index in [4.69, 9.17) is 0 Å². The molecule has 0 saturated heterocycles. The van der Waals surface area contributed by atoms with E-state index < -0.39 is 10.0 Å². The summed E-state index contributed by atoms with van der Waals surface area (Å²) in [6, 6.07) is 0. The number of aromatic nitrogens is 1. The van der Waals surface area contributed by atoms with E-state index in [1.165, 1.54) is 15.4 Å². The zero-order chi connectivity index (χ0) is 14.5. The molecule has 0 fully saturated rings. The van der Waals surface area contributed by atoms with Crippen LogP contribution < -0.4 is 5.32 Å². The lowest BCUT2D eigenvalue weighted by Crippen LogP contribution is -2.32. The van der Waals surface area contributed by atoms with Crippen LogP contribution in [0.4, 0.5) is 0 Å². The van der Waals surface area contributed by atoms with Crippen LogP contribution in [0.3, 0.4) is 0 Å². The predicted molar refractivity (Wildman–Crippen MR) is 80.0 cm³/mol. The molecule has 1 aromatic heterocycles. The third-order valence-corrected chi connectivity index (χ3v) is 5.32. The van der Waals surface area contributed by atoms with E-state index in [9.17, 15) is 8.42 Å². The van der Waals surface area contributed by atoms with Gasteiger partial charge in [-0.1, -0.05) is 6.92 Å². The molecule has 0 amide bonds. The number of sulfonamides is 1. The lowest BCUT2D eigenvalue weighted by molar-refractivity contribution is 0.419. The Morgan fingerprint density at radius 1 is 1.37 bits per heavy atom. The van der Waals surface area contributed by atoms with Crippen LogP contribution in [-0.2, 0) is 16.6 Å². The lowest BCUT2D eigenvalue weighted by Gasteiger charge is -2.17. The van der Waals surface area contributed by atoms with E-state index in [0.717, 1.165) is 30.2 Å². The molecule has 0 saturated carbocycles. The molecule has 0 aliphatic carbocycles. The minimum absolute atomic E-state index is 0.534. The third kappa shape index (κ3) is 5.56. The molecule has 1 N–H and O–H groups in total. The van der Waals surface area contributed by atoms with Gasteiger partial charge >= 0.3 is 0 Å². The Labute approximate surface area is 120 Å². The van der Waals surface area contributed by atoms with Gasteiger partial charge in [0, 0.05) is 24.5 Å². The third-order valence-electron chi connectivity index (χ3n) is 2.87. The second kappa shape index (κ2) is 7.33. The number of aryl methyl sites for hydroxylation is 2. The Kier molecular flexibility index (Phi) is 6.38. The van der Waals surface area contributed by atoms with Gasteiger partial charge in [0.05, 0.1) is 17.0 Å². The highest BCUT2D eigenvalue weighted by molar-refractivity contribution is 7.88. The van der Waals surface area contributed by atoms with E-state index in [-0.39, 0.29) is 0 Å². The fourth-order valence-electron chi connectivity index (χ4n) is 1.88. The van der Waals surface area contributed by atoms with Gasteiger partial charge in [-0.25, -0.2) is 17.7 Å². The van der Waals surface area contributed by atoms with Crippen LogP contribution in [0.25, 0.3) is 0 Å². The summed E-state index contributed by atoms with van der Waals surface area (Å²) < 4.78 is 24.3. The Morgan fingerprint density at radius 3 is 2.53 bits per heavy atom. The molecule has 1 rings (SSSR count). The van der Waals surface area contributed by atoms with Crippen LogP contribution in [0.15, 0.2) is 0 Å². The van der Waals surface area contributed by atoms with Crippen LogP contribution in [-0.4, -0.2) is 43.6 Å². The Morgan fingerprint density at radius 2 is 2.05 bits per heavy atom. The van der Waals surface area contributed by atoms with Gasteiger partial charge in [-0.15, -0.1) is 11.3 Å². The van der Waals surface area contributed by atoms with Gasteiger partial charge in [0.1, 0.15) is 0 Å². The van der Waals surface area contributed by atoms with Gasteiger partial charge in [-0.2, -0.15) is 0 Å². The van der Waals surface area contributed by atoms with Crippen molar-refractivity contribution >= 4 is 21.4 Å². The Hall–Kier alpha value is -0.500. The van der Waals surface area contributed by atoms with Crippen molar-refractivity contribution in [1.82, 2.24) is 14.6 Å². The SMILES string of the molecule is CCN(CCCNCc1sc(C)nc1C)S(C)(=O)=O. The van der Waals surface area contributed by atoms with Crippen molar-refractivity contribution in [3.05, 3.63) is 15.6 Å². The number of nitrogens with one attached hydrogen (secondary N) is 1. The average molecular weight is 305 g/mol. The minimum Gasteiger partial charge on any atom is -0.312 e. The van der Waals surface area contributed by atoms with Gasteiger partial charge in [0.15, 0.2) is 0 Å². The Bertz CT molecular complexity index is 497. The van der Waals surface area contributed by atoms with E-state index in [1.807, 2.05) is 20.8 Å². The molecule has 1 aromatic rings. The molecule has 0 aliphatic rings. The number of hydrogen-bond donors (Lipinski definition) is 1. The van der Waals surface area contributed by atoms with E-state index in [0.29, 0.717) is 13.1 Å². The molecule has 19 heavy (non-hydrogen) atoms. The normalized spacial score (nSPS) is 12.3. The van der Waals surface area contributed by atoms with Crippen molar-refractivity contribution in [2.45, 2.75) is 33.7 Å². The quantitative estimate of drug-likeness (QED) is 0.740. The van der Waals surface area contributed by atoms with Gasteiger partial charge in [0.25, 0.3) is 0 Å². The molecule has 0 radical (unpaired) electrons. The Balaban J connectivity index is 2.26. The second-order valence-corrected chi connectivity index (χ2v) is 7.80. The van der Waals surface area contributed by atoms with Crippen molar-refractivity contribution in [2.24, 2.45) is 0 Å². The number of nitrogens with zero attached hydrogens (tertiary/aromatic N) is 2. The molecular weight excluding hydrogens is 282 g/mol. The van der Waals surface area contributed by atoms with Crippen LogP contribution in [0, 0.1) is 13.8 Å². The summed E-state index contributed by atoms with van der Waals surface area (Å²) >= 11 is 1.71. The number of thiazole rings is 1. The molecule has 5 nitrogen and oxygen atoms in total. The molecule has 0 bridgehead atoms. The first-order valence-electron chi connectivity index (χ1n) is 6.43. The summed E-state index contributed by atoms with van der Waals surface area (Å²) in [7, 11) is -3.06. The zero-order valence-corrected chi connectivity index (χ0v) is 13.7. The summed E-state index contributed by atoms with van der Waals surface area (Å²) in [6.45, 7) is 8.60. The summed E-state index contributed by atoms with van der Waals surface area (Å²) in [5.74, 6) is 0. The predicted octanol–water partition coefficient (Wildman–Crippen LogP) is 1.52. The molecule has 1 heterocycles. The number of hydrogen-bond acceptors (Lipinski definition) is 5. The van der Waals surface area contributed by atoms with Gasteiger partial charge in [-0.3, -0.25) is 0 Å². The molecule has 0 spiro atoms. The topological polar surface area (TPSA) is 62.3 Å². The van der Waals surface area contributed by atoms with E-state index >= 15 is 0 Å². The van der Waals surface area contributed by atoms with Gasteiger partial charge in [0.2, 0.25) is 10.0 Å². The van der Waals surface area contributed by atoms with Crippen LogP contribution >= 0.6 is 11.3 Å². The molecule has 0 aromatic carbocycles. The first kappa shape index (κ1) is 16.6. The van der Waals surface area contributed by atoms with Crippen LogP contribution in [0.2, 0.25) is 0 Å². The monoisotopic (exact) mass is 305 g/mol. The molecule has 110 valence electrons. The molecule has 0 aliphatic heterocycles. The highest BCUT2D eigenvalue weighted by Crippen LogP contribution is 2.16. The summed E-state index contributed by atoms with van der Waals surface area (Å²) in [5.41, 5.74) is 1.08. The second-order valence-electron chi connectivity index (χ2n) is 4.53. The van der Waals surface area contributed by atoms with Crippen molar-refractivity contribution < 1.29 is 8.42 Å². The minimum atomic E-state index is -3.06. The summed E-state index contributed by atoms with van der Waals surface area (Å²) in [4.78, 5) is 5.63. The van der Waals surface area contributed by atoms with Crippen LogP contribution in [0.1, 0.15) is 28.9 Å². The average Bonchev–Trinajstić information content (AvgIpc) is 2.60. The highest BCUT2D eigenvalue weighted by Gasteiger charge is 2.13. The molecule has 0 unspecified atom stereocenters. The zero-order valence-electron chi connectivity index (χ0n) is 12.1. The van der Waals surface area contributed by atoms with Crippen molar-refractivity contribution in [1.29, 1.82) is 0 Å². The van der Waals surface area contributed by atoms with Crippen molar-refractivity contribution in [3.8, 4) is 0 Å². The smallest absolute Gasteiger partial charge is 0.211 e. The fourth-order valence-corrected chi connectivity index (χ4v) is 3.71. The maximum Gasteiger partial charge on any atom is 0.211 e. The van der Waals surface area contributed by atoms with Crippen molar-refractivity contribution in [2.75, 3.05) is 25.9 Å². The maximum atomic E-state index is 11.4. The molecule has 0 atom stereocenters. The van der Waals surface area contributed by atoms with E-state index in [1.54, 1.807) is 11.3 Å². The molecule has 7 heteroatoms. The number of rotatable bonds is 8. The fraction of sp³-hybridized carbons (Fsp3) is 0.750. The highest BCUT2D eigenvalue weighted by atomic mass is 32.2. The largest absolute Gasteiger partial charge is 0.312 e. The maximum absolute atomic E-state index is 11.4. The van der Waals surface area contributed by atoms with Gasteiger partial charge < -0.3 is 5.32 Å². The standard InChI is InChI=1S/C12H23N3O2S2/c1-5-15(19(4,16)17)8-6-7-13-9-12-10(2)14-11(3)18-12/h13H,5-9H2,1-4H3. The first-order valence-corrected chi connectivity index (χ1v) is 9.09. The lowest BCUT2D eigenvalue weighted by atomic mass is 10.3.